The molecule has 2 saturated heterocycles. The summed E-state index contributed by atoms with van der Waals surface area (Å²) in [6.07, 6.45) is 3.60. The molecular weight excluding hydrogens is 371 g/mol. The van der Waals surface area contributed by atoms with Crippen molar-refractivity contribution in [2.24, 2.45) is 11.8 Å². The molecule has 0 unspecified atom stereocenters. The van der Waals surface area contributed by atoms with Gasteiger partial charge in [-0.2, -0.15) is 5.26 Å². The van der Waals surface area contributed by atoms with E-state index < -0.39 is 11.7 Å². The summed E-state index contributed by atoms with van der Waals surface area (Å²) in [7, 11) is 1.88. The number of piperazine rings is 1. The van der Waals surface area contributed by atoms with E-state index in [9.17, 15) is 19.2 Å². The number of amides is 1. The molecule has 1 N–H and O–H groups in total. The average Bonchev–Trinajstić information content (AvgIpc) is 3.32. The van der Waals surface area contributed by atoms with Crippen LogP contribution in [0.2, 0.25) is 0 Å². The second-order valence-electron chi connectivity index (χ2n) is 8.67. The van der Waals surface area contributed by atoms with E-state index in [0.29, 0.717) is 36.3 Å². The molecule has 7 heteroatoms. The molecule has 1 saturated carbocycles. The minimum Gasteiger partial charge on any atom is -0.310 e. The van der Waals surface area contributed by atoms with Crippen LogP contribution in [-0.4, -0.2) is 55.4 Å². The first-order valence-corrected chi connectivity index (χ1v) is 10.4. The van der Waals surface area contributed by atoms with Gasteiger partial charge in [-0.25, -0.2) is 4.39 Å². The lowest BCUT2D eigenvalue weighted by Gasteiger charge is -2.32. The van der Waals surface area contributed by atoms with Gasteiger partial charge in [-0.3, -0.25) is 14.5 Å². The number of nitrogens with one attached hydrogen (secondary N) is 1. The van der Waals surface area contributed by atoms with Gasteiger partial charge in [-0.1, -0.05) is 6.07 Å². The number of carbonyl (C=O) groups excluding carboxylic acids is 2. The van der Waals surface area contributed by atoms with Crippen LogP contribution in [0.5, 0.6) is 0 Å². The van der Waals surface area contributed by atoms with Crippen molar-refractivity contribution in [3.05, 3.63) is 29.6 Å². The molecule has 1 aromatic rings. The van der Waals surface area contributed by atoms with Crippen molar-refractivity contribution >= 4 is 17.4 Å². The van der Waals surface area contributed by atoms with Crippen LogP contribution >= 0.6 is 0 Å². The quantitative estimate of drug-likeness (QED) is 0.792. The van der Waals surface area contributed by atoms with Crippen molar-refractivity contribution < 1.29 is 14.0 Å². The third-order valence-electron chi connectivity index (χ3n) is 6.56. The lowest BCUT2D eigenvalue weighted by Crippen LogP contribution is -2.48. The Balaban J connectivity index is 1.39. The maximum absolute atomic E-state index is 14.7. The minimum absolute atomic E-state index is 0.0511. The van der Waals surface area contributed by atoms with E-state index in [2.05, 4.69) is 11.4 Å². The molecule has 1 amide bonds. The SMILES string of the molecule is CN1CCN(c2ccc(C[C@@H](C#N)CC(=O)[C@H]3N[C@@H]4CC[C@H]3C4)c(F)c2)C(=O)C1. The maximum Gasteiger partial charge on any atom is 0.241 e. The van der Waals surface area contributed by atoms with Gasteiger partial charge in [0.15, 0.2) is 5.78 Å². The Morgan fingerprint density at radius 1 is 1.38 bits per heavy atom. The van der Waals surface area contributed by atoms with Crippen molar-refractivity contribution in [1.82, 2.24) is 10.2 Å². The highest BCUT2D eigenvalue weighted by Crippen LogP contribution is 2.36. The van der Waals surface area contributed by atoms with Crippen molar-refractivity contribution in [1.29, 1.82) is 5.26 Å². The molecule has 2 bridgehead atoms. The molecule has 0 spiro atoms. The van der Waals surface area contributed by atoms with Gasteiger partial charge in [-0.15, -0.1) is 0 Å². The first kappa shape index (κ1) is 20.0. The molecule has 3 aliphatic rings. The standard InChI is InChI=1S/C22H27FN4O2/c1-26-6-7-27(21(29)13-26)18-5-3-15(19(23)11-18)8-14(12-24)9-20(28)22-16-2-4-17(10-16)25-22/h3,5,11,14,16-17,22,25H,2,4,6-10,13H2,1H3/t14-,16+,17-,22+/m1/s1. The predicted octanol–water partition coefficient (Wildman–Crippen LogP) is 1.89. The smallest absolute Gasteiger partial charge is 0.241 e. The monoisotopic (exact) mass is 398 g/mol. The molecule has 0 radical (unpaired) electrons. The van der Waals surface area contributed by atoms with E-state index in [-0.39, 0.29) is 30.6 Å². The second-order valence-corrected chi connectivity index (χ2v) is 8.67. The average molecular weight is 398 g/mol. The Morgan fingerprint density at radius 2 is 2.21 bits per heavy atom. The Hall–Kier alpha value is -2.30. The third kappa shape index (κ3) is 4.19. The number of fused-ring (bicyclic) bond motifs is 2. The minimum atomic E-state index is -0.547. The van der Waals surface area contributed by atoms with Gasteiger partial charge < -0.3 is 10.2 Å². The molecule has 154 valence electrons. The molecule has 2 heterocycles. The summed E-state index contributed by atoms with van der Waals surface area (Å²) in [5.74, 6) is -0.563. The molecule has 4 atom stereocenters. The third-order valence-corrected chi connectivity index (χ3v) is 6.56. The maximum atomic E-state index is 14.7. The van der Waals surface area contributed by atoms with Crippen LogP contribution in [0, 0.1) is 29.0 Å². The number of Topliss-reactive ketones (excluding diaryl/α,β-unsaturated/α-hetero) is 1. The number of halogens is 1. The second kappa shape index (κ2) is 8.21. The van der Waals surface area contributed by atoms with E-state index in [1.165, 1.54) is 6.07 Å². The predicted molar refractivity (Wildman–Crippen MR) is 107 cm³/mol. The van der Waals surface area contributed by atoms with E-state index >= 15 is 0 Å². The van der Waals surface area contributed by atoms with Gasteiger partial charge in [0.1, 0.15) is 5.82 Å². The lowest BCUT2D eigenvalue weighted by molar-refractivity contribution is -0.122. The summed E-state index contributed by atoms with van der Waals surface area (Å²) in [5.41, 5.74) is 0.954. The Bertz CT molecular complexity index is 852. The van der Waals surface area contributed by atoms with Crippen LogP contribution in [0.3, 0.4) is 0 Å². The number of nitrogens with zero attached hydrogens (tertiary/aromatic N) is 3. The van der Waals surface area contributed by atoms with Gasteiger partial charge >= 0.3 is 0 Å². The summed E-state index contributed by atoms with van der Waals surface area (Å²) < 4.78 is 14.7. The van der Waals surface area contributed by atoms with Crippen molar-refractivity contribution in [3.63, 3.8) is 0 Å². The molecule has 29 heavy (non-hydrogen) atoms. The van der Waals surface area contributed by atoms with Gasteiger partial charge in [0.2, 0.25) is 5.91 Å². The Kier molecular flexibility index (Phi) is 5.66. The zero-order chi connectivity index (χ0) is 20.5. The molecule has 0 aromatic heterocycles. The zero-order valence-electron chi connectivity index (χ0n) is 16.7. The Morgan fingerprint density at radius 3 is 2.83 bits per heavy atom. The van der Waals surface area contributed by atoms with Gasteiger partial charge in [0.05, 0.1) is 24.6 Å². The van der Waals surface area contributed by atoms with E-state index in [1.807, 2.05) is 11.9 Å². The van der Waals surface area contributed by atoms with Crippen molar-refractivity contribution in [2.45, 2.75) is 44.2 Å². The molecule has 6 nitrogen and oxygen atoms in total. The van der Waals surface area contributed by atoms with Crippen LogP contribution in [0.1, 0.15) is 31.2 Å². The molecule has 3 fully saturated rings. The highest BCUT2D eigenvalue weighted by atomic mass is 19.1. The summed E-state index contributed by atoms with van der Waals surface area (Å²) in [6.45, 7) is 1.59. The molecule has 2 aliphatic heterocycles. The number of likely N-dealkylation sites (N-methyl/N-ethyl adjacent to an activating group) is 1. The summed E-state index contributed by atoms with van der Waals surface area (Å²) in [4.78, 5) is 28.4. The number of hydrogen-bond acceptors (Lipinski definition) is 5. The van der Waals surface area contributed by atoms with Crippen LogP contribution < -0.4 is 10.2 Å². The molecular formula is C22H27FN4O2. The van der Waals surface area contributed by atoms with E-state index in [1.54, 1.807) is 17.0 Å². The summed E-state index contributed by atoms with van der Waals surface area (Å²) >= 11 is 0. The molecule has 1 aromatic carbocycles. The normalized spacial score (nSPS) is 27.8. The summed E-state index contributed by atoms with van der Waals surface area (Å²) in [5, 5.41) is 12.9. The van der Waals surface area contributed by atoms with Crippen LogP contribution in [0.25, 0.3) is 0 Å². The van der Waals surface area contributed by atoms with Crippen LogP contribution in [-0.2, 0) is 16.0 Å². The number of nitriles is 1. The molecule has 1 aliphatic carbocycles. The number of ketones is 1. The van der Waals surface area contributed by atoms with Crippen molar-refractivity contribution in [2.75, 3.05) is 31.6 Å². The van der Waals surface area contributed by atoms with E-state index in [4.69, 9.17) is 0 Å². The number of piperidine rings is 1. The van der Waals surface area contributed by atoms with Gasteiger partial charge in [-0.05, 0) is 56.3 Å². The largest absolute Gasteiger partial charge is 0.310 e. The number of hydrogen-bond donors (Lipinski definition) is 1. The summed E-state index contributed by atoms with van der Waals surface area (Å²) in [6, 6.07) is 7.22. The topological polar surface area (TPSA) is 76.4 Å². The highest BCUT2D eigenvalue weighted by Gasteiger charge is 2.42. The fourth-order valence-corrected chi connectivity index (χ4v) is 4.95. The number of carbonyl (C=O) groups is 2. The zero-order valence-corrected chi connectivity index (χ0v) is 16.7. The fourth-order valence-electron chi connectivity index (χ4n) is 4.95. The van der Waals surface area contributed by atoms with Crippen LogP contribution in [0.4, 0.5) is 10.1 Å². The Labute approximate surface area is 170 Å². The van der Waals surface area contributed by atoms with Gasteiger partial charge in [0, 0.05) is 31.2 Å². The van der Waals surface area contributed by atoms with E-state index in [0.717, 1.165) is 25.8 Å². The lowest BCUT2D eigenvalue weighted by atomic mass is 9.88. The first-order chi connectivity index (χ1) is 13.9. The number of rotatable bonds is 6. The van der Waals surface area contributed by atoms with Gasteiger partial charge in [0.25, 0.3) is 0 Å². The fraction of sp³-hybridized carbons (Fsp3) is 0.591. The highest BCUT2D eigenvalue weighted by molar-refractivity contribution is 5.95. The molecule has 4 rings (SSSR count). The van der Waals surface area contributed by atoms with Crippen LogP contribution in [0.15, 0.2) is 18.2 Å². The number of anilines is 1. The number of benzene rings is 1. The first-order valence-electron chi connectivity index (χ1n) is 10.4. The van der Waals surface area contributed by atoms with Crippen molar-refractivity contribution in [3.8, 4) is 6.07 Å².